The largest absolute Gasteiger partial charge is 0.508 e. The van der Waals surface area contributed by atoms with Gasteiger partial charge in [-0.05, 0) is 30.2 Å². The van der Waals surface area contributed by atoms with Crippen LogP contribution >= 0.6 is 0 Å². The molecule has 0 bridgehead atoms. The lowest BCUT2D eigenvalue weighted by atomic mass is 10.1. The number of hydrogen-bond donors (Lipinski definition) is 1. The van der Waals surface area contributed by atoms with E-state index in [2.05, 4.69) is 10.8 Å². The summed E-state index contributed by atoms with van der Waals surface area (Å²) in [4.78, 5) is 10.8. The third kappa shape index (κ3) is 2.78. The molecule has 0 spiro atoms. The monoisotopic (exact) mass is 179 g/mol. The van der Waals surface area contributed by atoms with Gasteiger partial charge in [0.05, 0.1) is 7.11 Å². The standard InChI is InChI=1S/C10H11O3/c1-13-10(12)7-6-8-4-2-3-5-9(8)11/h3-5,11H,6-7H2,1H3. The number of ether oxygens (including phenoxy) is 1. The van der Waals surface area contributed by atoms with Crippen molar-refractivity contribution in [3.05, 3.63) is 29.8 Å². The Balaban J connectivity index is 2.54. The lowest BCUT2D eigenvalue weighted by Crippen LogP contribution is -2.01. The summed E-state index contributed by atoms with van der Waals surface area (Å²) in [5, 5.41) is 9.32. The third-order valence-corrected chi connectivity index (χ3v) is 1.75. The molecule has 0 amide bonds. The van der Waals surface area contributed by atoms with E-state index in [1.165, 1.54) is 7.11 Å². The molecular formula is C10H11O3. The van der Waals surface area contributed by atoms with Crippen LogP contribution in [0.15, 0.2) is 18.2 Å². The van der Waals surface area contributed by atoms with E-state index in [1.54, 1.807) is 18.2 Å². The Morgan fingerprint density at radius 2 is 2.46 bits per heavy atom. The maximum absolute atomic E-state index is 10.8. The lowest BCUT2D eigenvalue weighted by molar-refractivity contribution is -0.140. The van der Waals surface area contributed by atoms with Crippen LogP contribution in [0, 0.1) is 6.07 Å². The first-order valence-corrected chi connectivity index (χ1v) is 3.99. The Labute approximate surface area is 77.0 Å². The minimum absolute atomic E-state index is 0.197. The van der Waals surface area contributed by atoms with Gasteiger partial charge in [-0.2, -0.15) is 0 Å². The highest BCUT2D eigenvalue weighted by molar-refractivity contribution is 5.69. The van der Waals surface area contributed by atoms with Gasteiger partial charge < -0.3 is 9.84 Å². The third-order valence-electron chi connectivity index (χ3n) is 1.75. The predicted molar refractivity (Wildman–Crippen MR) is 47.3 cm³/mol. The number of phenols is 1. The van der Waals surface area contributed by atoms with E-state index in [1.807, 2.05) is 0 Å². The minimum Gasteiger partial charge on any atom is -0.508 e. The number of hydrogen-bond acceptors (Lipinski definition) is 3. The van der Waals surface area contributed by atoms with Gasteiger partial charge in [-0.15, -0.1) is 0 Å². The minimum atomic E-state index is -0.275. The Morgan fingerprint density at radius 3 is 3.08 bits per heavy atom. The first-order chi connectivity index (χ1) is 6.24. The molecule has 1 N–H and O–H groups in total. The van der Waals surface area contributed by atoms with Crippen molar-refractivity contribution in [2.75, 3.05) is 7.11 Å². The van der Waals surface area contributed by atoms with Crippen LogP contribution in [0.2, 0.25) is 0 Å². The highest BCUT2D eigenvalue weighted by Crippen LogP contribution is 2.16. The van der Waals surface area contributed by atoms with Gasteiger partial charge in [-0.25, -0.2) is 0 Å². The smallest absolute Gasteiger partial charge is 0.305 e. The molecule has 0 aromatic heterocycles. The van der Waals surface area contributed by atoms with Crippen molar-refractivity contribution < 1.29 is 14.6 Å². The van der Waals surface area contributed by atoms with E-state index in [0.717, 1.165) is 0 Å². The van der Waals surface area contributed by atoms with Crippen LogP contribution in [0.4, 0.5) is 0 Å². The van der Waals surface area contributed by atoms with Crippen LogP contribution in [0.5, 0.6) is 5.75 Å². The molecule has 0 unspecified atom stereocenters. The predicted octanol–water partition coefficient (Wildman–Crippen LogP) is 1.30. The Kier molecular flexibility index (Phi) is 3.31. The summed E-state index contributed by atoms with van der Waals surface area (Å²) in [5.74, 6) is -0.0779. The van der Waals surface area contributed by atoms with E-state index in [9.17, 15) is 9.90 Å². The molecule has 1 aromatic carbocycles. The maximum Gasteiger partial charge on any atom is 0.305 e. The molecule has 13 heavy (non-hydrogen) atoms. The SMILES string of the molecule is COC(=O)CCc1c[c]ccc1O. The molecular weight excluding hydrogens is 168 g/mol. The highest BCUT2D eigenvalue weighted by atomic mass is 16.5. The summed E-state index contributed by atoms with van der Waals surface area (Å²) in [6.07, 6.45) is 0.762. The number of carbonyl (C=O) groups is 1. The first-order valence-electron chi connectivity index (χ1n) is 3.99. The normalized spacial score (nSPS) is 9.62. The van der Waals surface area contributed by atoms with Crippen molar-refractivity contribution in [3.8, 4) is 5.75 Å². The van der Waals surface area contributed by atoms with Gasteiger partial charge in [0.1, 0.15) is 5.75 Å². The molecule has 0 aliphatic heterocycles. The molecule has 0 saturated carbocycles. The van der Waals surface area contributed by atoms with Crippen molar-refractivity contribution in [3.63, 3.8) is 0 Å². The molecule has 0 fully saturated rings. The average Bonchev–Trinajstić information content (AvgIpc) is 2.16. The quantitative estimate of drug-likeness (QED) is 0.711. The van der Waals surface area contributed by atoms with Crippen molar-refractivity contribution in [2.24, 2.45) is 0 Å². The second-order valence-electron chi connectivity index (χ2n) is 2.63. The summed E-state index contributed by atoms with van der Waals surface area (Å²) in [5.41, 5.74) is 0.716. The molecule has 0 saturated heterocycles. The average molecular weight is 179 g/mol. The van der Waals surface area contributed by atoms with Gasteiger partial charge in [0.2, 0.25) is 0 Å². The maximum atomic E-state index is 10.8. The summed E-state index contributed by atoms with van der Waals surface area (Å²) < 4.78 is 4.48. The molecule has 0 aliphatic rings. The Morgan fingerprint density at radius 1 is 1.69 bits per heavy atom. The Hall–Kier alpha value is -1.51. The van der Waals surface area contributed by atoms with Gasteiger partial charge in [0.15, 0.2) is 0 Å². The number of carbonyl (C=O) groups excluding carboxylic acids is 1. The molecule has 0 atom stereocenters. The zero-order valence-electron chi connectivity index (χ0n) is 7.41. The van der Waals surface area contributed by atoms with E-state index >= 15 is 0 Å². The zero-order chi connectivity index (χ0) is 9.68. The summed E-state index contributed by atoms with van der Waals surface area (Å²) >= 11 is 0. The fourth-order valence-electron chi connectivity index (χ4n) is 0.996. The van der Waals surface area contributed by atoms with Crippen molar-refractivity contribution in [1.82, 2.24) is 0 Å². The van der Waals surface area contributed by atoms with Crippen molar-refractivity contribution >= 4 is 5.97 Å². The number of phenolic OH excluding ortho intramolecular Hbond substituents is 1. The highest BCUT2D eigenvalue weighted by Gasteiger charge is 2.04. The molecule has 1 aromatic rings. The van der Waals surface area contributed by atoms with Crippen LogP contribution in [0.3, 0.4) is 0 Å². The van der Waals surface area contributed by atoms with Gasteiger partial charge in [0.25, 0.3) is 0 Å². The molecule has 0 aliphatic carbocycles. The van der Waals surface area contributed by atoms with Gasteiger partial charge >= 0.3 is 5.97 Å². The Bertz CT molecular complexity index is 294. The molecule has 69 valence electrons. The first kappa shape index (κ1) is 9.58. The van der Waals surface area contributed by atoms with Crippen LogP contribution < -0.4 is 0 Å². The van der Waals surface area contributed by atoms with E-state index in [4.69, 9.17) is 0 Å². The lowest BCUT2D eigenvalue weighted by Gasteiger charge is -2.02. The number of rotatable bonds is 3. The van der Waals surface area contributed by atoms with Crippen LogP contribution in [-0.2, 0) is 16.0 Å². The summed E-state index contributed by atoms with van der Waals surface area (Å²) in [6.45, 7) is 0. The van der Waals surface area contributed by atoms with E-state index < -0.39 is 0 Å². The van der Waals surface area contributed by atoms with Crippen LogP contribution in [-0.4, -0.2) is 18.2 Å². The number of methoxy groups -OCH3 is 1. The van der Waals surface area contributed by atoms with Gasteiger partial charge in [0, 0.05) is 6.42 Å². The summed E-state index contributed by atoms with van der Waals surface area (Å²) in [7, 11) is 1.35. The van der Waals surface area contributed by atoms with Crippen LogP contribution in [0.25, 0.3) is 0 Å². The number of esters is 1. The van der Waals surface area contributed by atoms with E-state index in [-0.39, 0.29) is 18.1 Å². The molecule has 3 nitrogen and oxygen atoms in total. The van der Waals surface area contributed by atoms with Gasteiger partial charge in [-0.1, -0.05) is 6.07 Å². The fraction of sp³-hybridized carbons (Fsp3) is 0.300. The van der Waals surface area contributed by atoms with E-state index in [0.29, 0.717) is 12.0 Å². The zero-order valence-corrected chi connectivity index (χ0v) is 7.41. The second-order valence-corrected chi connectivity index (χ2v) is 2.63. The van der Waals surface area contributed by atoms with Crippen molar-refractivity contribution in [2.45, 2.75) is 12.8 Å². The molecule has 3 heteroatoms. The topological polar surface area (TPSA) is 46.5 Å². The van der Waals surface area contributed by atoms with Crippen molar-refractivity contribution in [1.29, 1.82) is 0 Å². The fourth-order valence-corrected chi connectivity index (χ4v) is 0.996. The second kappa shape index (κ2) is 4.50. The molecule has 1 radical (unpaired) electrons. The van der Waals surface area contributed by atoms with Gasteiger partial charge in [-0.3, -0.25) is 4.79 Å². The number of aryl methyl sites for hydroxylation is 1. The summed E-state index contributed by atoms with van der Waals surface area (Å²) in [6, 6.07) is 7.67. The molecule has 1 rings (SSSR count). The number of aromatic hydroxyl groups is 1. The molecule has 0 heterocycles. The van der Waals surface area contributed by atoms with Crippen LogP contribution in [0.1, 0.15) is 12.0 Å². The number of benzene rings is 1.